The number of carboxylic acid groups (broad SMARTS) is 1. The van der Waals surface area contributed by atoms with Crippen molar-refractivity contribution < 1.29 is 33.0 Å². The molecule has 0 aromatic heterocycles. The standard InChI is InChI=1S/C16H19F2NO5/c1-23-12-4-2-3-11(14(12)24-16(17)18)15(22)19-7-5-10(6-8-19)9-13(20)21/h2-4,10,16H,5-9H2,1H3,(H,20,21). The van der Waals surface area contributed by atoms with Crippen LogP contribution in [-0.4, -0.2) is 48.7 Å². The van der Waals surface area contributed by atoms with Gasteiger partial charge in [-0.2, -0.15) is 8.78 Å². The monoisotopic (exact) mass is 343 g/mol. The van der Waals surface area contributed by atoms with Gasteiger partial charge in [0.1, 0.15) is 0 Å². The van der Waals surface area contributed by atoms with Gasteiger partial charge in [0.2, 0.25) is 0 Å². The number of aliphatic carboxylic acids is 1. The number of amides is 1. The van der Waals surface area contributed by atoms with Gasteiger partial charge in [-0.3, -0.25) is 9.59 Å². The van der Waals surface area contributed by atoms with Crippen LogP contribution in [0, 0.1) is 5.92 Å². The Kier molecular flexibility index (Phi) is 5.94. The molecule has 1 aromatic carbocycles. The number of carbonyl (C=O) groups excluding carboxylic acids is 1. The summed E-state index contributed by atoms with van der Waals surface area (Å²) in [4.78, 5) is 24.9. The molecule has 0 spiro atoms. The fourth-order valence-electron chi connectivity index (χ4n) is 2.81. The number of ether oxygens (including phenoxy) is 2. The van der Waals surface area contributed by atoms with Crippen molar-refractivity contribution in [1.29, 1.82) is 0 Å². The fraction of sp³-hybridized carbons (Fsp3) is 0.500. The first-order valence-electron chi connectivity index (χ1n) is 7.55. The number of rotatable bonds is 6. The maximum Gasteiger partial charge on any atom is 0.387 e. The first-order chi connectivity index (χ1) is 11.4. The van der Waals surface area contributed by atoms with E-state index in [4.69, 9.17) is 9.84 Å². The van der Waals surface area contributed by atoms with Gasteiger partial charge < -0.3 is 19.5 Å². The highest BCUT2D eigenvalue weighted by molar-refractivity contribution is 5.97. The number of nitrogens with zero attached hydrogens (tertiary/aromatic N) is 1. The van der Waals surface area contributed by atoms with Gasteiger partial charge in [0.15, 0.2) is 11.5 Å². The molecule has 0 aliphatic carbocycles. The molecule has 6 nitrogen and oxygen atoms in total. The predicted octanol–water partition coefficient (Wildman–Crippen LogP) is 2.62. The van der Waals surface area contributed by atoms with Crippen LogP contribution in [0.15, 0.2) is 18.2 Å². The number of para-hydroxylation sites is 1. The van der Waals surface area contributed by atoms with Crippen molar-refractivity contribution in [3.05, 3.63) is 23.8 Å². The smallest absolute Gasteiger partial charge is 0.387 e. The van der Waals surface area contributed by atoms with Crippen LogP contribution in [0.2, 0.25) is 0 Å². The molecule has 1 aromatic rings. The topological polar surface area (TPSA) is 76.1 Å². The molecule has 2 rings (SSSR count). The van der Waals surface area contributed by atoms with E-state index in [1.165, 1.54) is 30.2 Å². The van der Waals surface area contributed by atoms with Crippen LogP contribution in [0.25, 0.3) is 0 Å². The molecule has 0 radical (unpaired) electrons. The minimum absolute atomic E-state index is 0.00587. The van der Waals surface area contributed by atoms with E-state index >= 15 is 0 Å². The Labute approximate surface area is 138 Å². The summed E-state index contributed by atoms with van der Waals surface area (Å²) < 4.78 is 34.7. The highest BCUT2D eigenvalue weighted by Crippen LogP contribution is 2.34. The number of carbonyl (C=O) groups is 2. The first-order valence-corrected chi connectivity index (χ1v) is 7.55. The van der Waals surface area contributed by atoms with Crippen LogP contribution >= 0.6 is 0 Å². The van der Waals surface area contributed by atoms with Gasteiger partial charge in [0, 0.05) is 19.5 Å². The van der Waals surface area contributed by atoms with Crippen molar-refractivity contribution in [2.75, 3.05) is 20.2 Å². The van der Waals surface area contributed by atoms with Crippen molar-refractivity contribution >= 4 is 11.9 Å². The molecule has 0 atom stereocenters. The van der Waals surface area contributed by atoms with E-state index in [1.54, 1.807) is 0 Å². The summed E-state index contributed by atoms with van der Waals surface area (Å²) in [6.07, 6.45) is 1.20. The van der Waals surface area contributed by atoms with Crippen LogP contribution < -0.4 is 9.47 Å². The lowest BCUT2D eigenvalue weighted by molar-refractivity contribution is -0.138. The molecular formula is C16H19F2NO5. The molecule has 1 heterocycles. The summed E-state index contributed by atoms with van der Waals surface area (Å²) in [6, 6.07) is 4.38. The van der Waals surface area contributed by atoms with E-state index in [0.717, 1.165) is 0 Å². The Hall–Kier alpha value is -2.38. The highest BCUT2D eigenvalue weighted by Gasteiger charge is 2.28. The minimum atomic E-state index is -3.07. The van der Waals surface area contributed by atoms with Gasteiger partial charge in [-0.25, -0.2) is 0 Å². The molecule has 0 unspecified atom stereocenters. The SMILES string of the molecule is COc1cccc(C(=O)N2CCC(CC(=O)O)CC2)c1OC(F)F. The van der Waals surface area contributed by atoms with Crippen molar-refractivity contribution in [2.24, 2.45) is 5.92 Å². The number of carboxylic acids is 1. The molecule has 24 heavy (non-hydrogen) atoms. The van der Waals surface area contributed by atoms with Crippen LogP contribution in [0.4, 0.5) is 8.78 Å². The Balaban J connectivity index is 2.14. The molecule has 1 aliphatic heterocycles. The van der Waals surface area contributed by atoms with E-state index in [0.29, 0.717) is 25.9 Å². The Morgan fingerprint density at radius 1 is 1.33 bits per heavy atom. The van der Waals surface area contributed by atoms with Gasteiger partial charge >= 0.3 is 12.6 Å². The summed E-state index contributed by atoms with van der Waals surface area (Å²) in [6.45, 7) is -2.32. The van der Waals surface area contributed by atoms with Gasteiger partial charge in [0.25, 0.3) is 5.91 Å². The fourth-order valence-corrected chi connectivity index (χ4v) is 2.81. The predicted molar refractivity (Wildman–Crippen MR) is 80.5 cm³/mol. The zero-order valence-corrected chi connectivity index (χ0v) is 13.2. The molecule has 1 fully saturated rings. The number of methoxy groups -OCH3 is 1. The molecule has 1 saturated heterocycles. The summed E-state index contributed by atoms with van der Waals surface area (Å²) in [5.41, 5.74) is 0.00587. The third-order valence-electron chi connectivity index (χ3n) is 4.00. The van der Waals surface area contributed by atoms with Gasteiger partial charge in [0.05, 0.1) is 12.7 Å². The maximum atomic E-state index is 12.6. The second-order valence-corrected chi connectivity index (χ2v) is 5.55. The lowest BCUT2D eigenvalue weighted by Gasteiger charge is -2.31. The zero-order chi connectivity index (χ0) is 17.7. The number of halogens is 2. The zero-order valence-electron chi connectivity index (χ0n) is 13.2. The number of piperidine rings is 1. The highest BCUT2D eigenvalue weighted by atomic mass is 19.3. The summed E-state index contributed by atoms with van der Waals surface area (Å²) in [5, 5.41) is 8.81. The molecule has 1 aliphatic rings. The number of benzene rings is 1. The van der Waals surface area contributed by atoms with Crippen LogP contribution in [-0.2, 0) is 4.79 Å². The molecule has 1 N–H and O–H groups in total. The van der Waals surface area contributed by atoms with E-state index in [2.05, 4.69) is 4.74 Å². The molecule has 1 amide bonds. The minimum Gasteiger partial charge on any atom is -0.493 e. The summed E-state index contributed by atoms with van der Waals surface area (Å²) in [5.74, 6) is -1.50. The van der Waals surface area contributed by atoms with Crippen LogP contribution in [0.3, 0.4) is 0 Å². The van der Waals surface area contributed by atoms with E-state index in [1.807, 2.05) is 0 Å². The number of likely N-dealkylation sites (tertiary alicyclic amines) is 1. The molecular weight excluding hydrogens is 324 g/mol. The number of hydrogen-bond donors (Lipinski definition) is 1. The third-order valence-corrected chi connectivity index (χ3v) is 4.00. The van der Waals surface area contributed by atoms with Gasteiger partial charge in [-0.05, 0) is 30.9 Å². The molecule has 0 bridgehead atoms. The summed E-state index contributed by atoms with van der Waals surface area (Å²) >= 11 is 0. The number of alkyl halides is 2. The normalized spacial score (nSPS) is 15.4. The maximum absolute atomic E-state index is 12.6. The molecule has 8 heteroatoms. The van der Waals surface area contributed by atoms with Crippen LogP contribution in [0.5, 0.6) is 11.5 Å². The van der Waals surface area contributed by atoms with E-state index in [-0.39, 0.29) is 29.4 Å². The number of hydrogen-bond acceptors (Lipinski definition) is 4. The molecule has 132 valence electrons. The molecule has 0 saturated carbocycles. The average molecular weight is 343 g/mol. The second kappa shape index (κ2) is 7.94. The third kappa shape index (κ3) is 4.33. The van der Waals surface area contributed by atoms with Crippen molar-refractivity contribution in [2.45, 2.75) is 25.9 Å². The first kappa shape index (κ1) is 18.0. The van der Waals surface area contributed by atoms with Crippen molar-refractivity contribution in [1.82, 2.24) is 4.90 Å². The van der Waals surface area contributed by atoms with Gasteiger partial charge in [-0.15, -0.1) is 0 Å². The van der Waals surface area contributed by atoms with E-state index < -0.39 is 18.5 Å². The average Bonchev–Trinajstić information content (AvgIpc) is 2.54. The summed E-state index contributed by atoms with van der Waals surface area (Å²) in [7, 11) is 1.30. The van der Waals surface area contributed by atoms with Gasteiger partial charge in [-0.1, -0.05) is 6.07 Å². The lowest BCUT2D eigenvalue weighted by Crippen LogP contribution is -2.39. The Morgan fingerprint density at radius 3 is 2.54 bits per heavy atom. The lowest BCUT2D eigenvalue weighted by atomic mass is 9.93. The quantitative estimate of drug-likeness (QED) is 0.859. The Bertz CT molecular complexity index is 600. The Morgan fingerprint density at radius 2 is 2.00 bits per heavy atom. The van der Waals surface area contributed by atoms with E-state index in [9.17, 15) is 18.4 Å². The van der Waals surface area contributed by atoms with Crippen molar-refractivity contribution in [3.8, 4) is 11.5 Å². The second-order valence-electron chi connectivity index (χ2n) is 5.55. The largest absolute Gasteiger partial charge is 0.493 e. The van der Waals surface area contributed by atoms with Crippen molar-refractivity contribution in [3.63, 3.8) is 0 Å². The van der Waals surface area contributed by atoms with Crippen LogP contribution in [0.1, 0.15) is 29.6 Å².